The topological polar surface area (TPSA) is 45.6 Å². The Labute approximate surface area is 146 Å². The molecule has 2 unspecified atom stereocenters. The van der Waals surface area contributed by atoms with Crippen molar-refractivity contribution >= 4 is 11.7 Å². The Morgan fingerprint density at radius 2 is 1.75 bits per heavy atom. The highest BCUT2D eigenvalue weighted by atomic mass is 16.2. The van der Waals surface area contributed by atoms with E-state index in [9.17, 15) is 4.79 Å². The van der Waals surface area contributed by atoms with Crippen LogP contribution >= 0.6 is 0 Å². The van der Waals surface area contributed by atoms with E-state index < -0.39 is 0 Å². The number of nitrogens with one attached hydrogen (secondary N) is 3. The highest BCUT2D eigenvalue weighted by Crippen LogP contribution is 2.22. The molecule has 3 N–H and O–H groups in total. The molecule has 4 nitrogen and oxygen atoms in total. The zero-order valence-electron chi connectivity index (χ0n) is 15.3. The molecule has 2 bridgehead atoms. The molecule has 0 spiro atoms. The zero-order valence-corrected chi connectivity index (χ0v) is 15.3. The fourth-order valence-corrected chi connectivity index (χ4v) is 4.85. The summed E-state index contributed by atoms with van der Waals surface area (Å²) in [6.07, 6.45) is 7.53. The van der Waals surface area contributed by atoms with Crippen molar-refractivity contribution in [3.8, 4) is 0 Å². The molecule has 2 fully saturated rings. The number of rotatable bonds is 4. The fraction of sp³-hybridized carbons (Fsp3) is 0.650. The number of benzene rings is 1. The largest absolute Gasteiger partial charge is 0.335 e. The molecule has 2 aliphatic heterocycles. The second-order valence-corrected chi connectivity index (χ2v) is 7.79. The van der Waals surface area contributed by atoms with E-state index in [1.54, 1.807) is 4.90 Å². The lowest BCUT2D eigenvalue weighted by molar-refractivity contribution is -0.961. The molecule has 4 heteroatoms. The minimum absolute atomic E-state index is 0.0537. The Hall–Kier alpha value is -1.55. The maximum Gasteiger partial charge on any atom is 0.319 e. The SMILES string of the molecule is CCC[NH+]1[C@@H]2CCC[C@H]1CC(NC(=O)Nc1cc(C)cc(C)c1)C2. The van der Waals surface area contributed by atoms with Gasteiger partial charge in [-0.05, 0) is 62.8 Å². The van der Waals surface area contributed by atoms with Gasteiger partial charge in [0.2, 0.25) is 0 Å². The summed E-state index contributed by atoms with van der Waals surface area (Å²) >= 11 is 0. The molecule has 4 atom stereocenters. The molecule has 1 aromatic carbocycles. The van der Waals surface area contributed by atoms with Crippen LogP contribution in [0.5, 0.6) is 0 Å². The number of hydrogen-bond acceptors (Lipinski definition) is 1. The lowest BCUT2D eigenvalue weighted by Crippen LogP contribution is -3.21. The lowest BCUT2D eigenvalue weighted by atomic mass is 9.81. The van der Waals surface area contributed by atoms with Crippen LogP contribution < -0.4 is 15.5 Å². The predicted octanol–water partition coefficient (Wildman–Crippen LogP) is 2.80. The number of anilines is 1. The molecule has 132 valence electrons. The van der Waals surface area contributed by atoms with Crippen LogP contribution in [0.4, 0.5) is 10.5 Å². The molecule has 0 saturated carbocycles. The Balaban J connectivity index is 1.57. The summed E-state index contributed by atoms with van der Waals surface area (Å²) in [6, 6.07) is 7.92. The highest BCUT2D eigenvalue weighted by Gasteiger charge is 2.41. The Morgan fingerprint density at radius 3 is 2.33 bits per heavy atom. The molecule has 2 saturated heterocycles. The summed E-state index contributed by atoms with van der Waals surface area (Å²) in [5, 5.41) is 6.25. The van der Waals surface area contributed by atoms with Crippen LogP contribution in [0.25, 0.3) is 0 Å². The van der Waals surface area contributed by atoms with E-state index in [4.69, 9.17) is 0 Å². The molecule has 24 heavy (non-hydrogen) atoms. The van der Waals surface area contributed by atoms with Gasteiger partial charge in [-0.25, -0.2) is 4.79 Å². The molecule has 3 rings (SSSR count). The standard InChI is InChI=1S/C20H31N3O/c1-4-8-23-18-6-5-7-19(23)13-17(12-18)22-20(24)21-16-10-14(2)9-15(3)11-16/h9-11,17-19H,4-8,12-13H2,1-3H3,(H2,21,22,24)/p+1/t17?,18-,19+. The first-order valence-corrected chi connectivity index (χ1v) is 9.56. The normalized spacial score (nSPS) is 29.1. The monoisotopic (exact) mass is 330 g/mol. The van der Waals surface area contributed by atoms with Crippen LogP contribution in [0.1, 0.15) is 56.6 Å². The number of aryl methyl sites for hydroxylation is 2. The zero-order chi connectivity index (χ0) is 17.1. The number of amides is 2. The number of hydrogen-bond donors (Lipinski definition) is 3. The van der Waals surface area contributed by atoms with Gasteiger partial charge in [0, 0.05) is 24.6 Å². The lowest BCUT2D eigenvalue weighted by Gasteiger charge is -2.45. The Morgan fingerprint density at radius 1 is 1.12 bits per heavy atom. The van der Waals surface area contributed by atoms with Crippen molar-refractivity contribution < 1.29 is 9.69 Å². The van der Waals surface area contributed by atoms with E-state index in [1.165, 1.54) is 43.4 Å². The smallest absolute Gasteiger partial charge is 0.319 e. The van der Waals surface area contributed by atoms with Gasteiger partial charge >= 0.3 is 6.03 Å². The molecular formula is C20H32N3O+. The van der Waals surface area contributed by atoms with Gasteiger partial charge in [-0.1, -0.05) is 13.0 Å². The predicted molar refractivity (Wildman–Crippen MR) is 98.6 cm³/mol. The first-order chi connectivity index (χ1) is 11.5. The van der Waals surface area contributed by atoms with Gasteiger partial charge in [-0.2, -0.15) is 0 Å². The van der Waals surface area contributed by atoms with Crippen molar-refractivity contribution in [3.63, 3.8) is 0 Å². The van der Waals surface area contributed by atoms with Crippen LogP contribution in [0.2, 0.25) is 0 Å². The molecule has 2 heterocycles. The summed E-state index contributed by atoms with van der Waals surface area (Å²) in [5.41, 5.74) is 3.24. The van der Waals surface area contributed by atoms with E-state index in [0.29, 0.717) is 6.04 Å². The van der Waals surface area contributed by atoms with Crippen molar-refractivity contribution in [1.29, 1.82) is 0 Å². The van der Waals surface area contributed by atoms with Crippen LogP contribution in [0.15, 0.2) is 18.2 Å². The van der Waals surface area contributed by atoms with E-state index in [1.807, 2.05) is 12.1 Å². The van der Waals surface area contributed by atoms with E-state index in [-0.39, 0.29) is 6.03 Å². The van der Waals surface area contributed by atoms with E-state index >= 15 is 0 Å². The van der Waals surface area contributed by atoms with Crippen LogP contribution in [-0.2, 0) is 0 Å². The van der Waals surface area contributed by atoms with Crippen LogP contribution in [0, 0.1) is 13.8 Å². The van der Waals surface area contributed by atoms with Crippen molar-refractivity contribution in [2.24, 2.45) is 0 Å². The average Bonchev–Trinajstić information content (AvgIpc) is 2.47. The quantitative estimate of drug-likeness (QED) is 0.781. The summed E-state index contributed by atoms with van der Waals surface area (Å²) in [4.78, 5) is 14.2. The van der Waals surface area contributed by atoms with Gasteiger partial charge in [0.05, 0.1) is 18.6 Å². The molecule has 2 aliphatic rings. The molecular weight excluding hydrogens is 298 g/mol. The van der Waals surface area contributed by atoms with Gasteiger partial charge in [-0.3, -0.25) is 0 Å². The van der Waals surface area contributed by atoms with Crippen molar-refractivity contribution in [1.82, 2.24) is 5.32 Å². The van der Waals surface area contributed by atoms with Crippen molar-refractivity contribution in [2.45, 2.75) is 77.4 Å². The summed E-state index contributed by atoms with van der Waals surface area (Å²) < 4.78 is 0. The Kier molecular flexibility index (Phi) is 5.44. The highest BCUT2D eigenvalue weighted by molar-refractivity contribution is 5.89. The third-order valence-corrected chi connectivity index (χ3v) is 5.65. The minimum Gasteiger partial charge on any atom is -0.335 e. The van der Waals surface area contributed by atoms with Crippen molar-refractivity contribution in [2.75, 3.05) is 11.9 Å². The maximum absolute atomic E-state index is 12.4. The summed E-state index contributed by atoms with van der Waals surface area (Å²) in [5.74, 6) is 0. The minimum atomic E-state index is -0.0537. The second kappa shape index (κ2) is 7.56. The van der Waals surface area contributed by atoms with Crippen LogP contribution in [0.3, 0.4) is 0 Å². The number of quaternary nitrogens is 1. The first-order valence-electron chi connectivity index (χ1n) is 9.56. The molecule has 0 aliphatic carbocycles. The van der Waals surface area contributed by atoms with Crippen molar-refractivity contribution in [3.05, 3.63) is 29.3 Å². The number of carbonyl (C=O) groups is 1. The van der Waals surface area contributed by atoms with Gasteiger partial charge in [0.15, 0.2) is 0 Å². The van der Waals surface area contributed by atoms with E-state index in [2.05, 4.69) is 37.5 Å². The summed E-state index contributed by atoms with van der Waals surface area (Å²) in [6.45, 7) is 7.69. The van der Waals surface area contributed by atoms with Gasteiger partial charge < -0.3 is 15.5 Å². The third kappa shape index (κ3) is 4.10. The van der Waals surface area contributed by atoms with E-state index in [0.717, 1.165) is 30.6 Å². The molecule has 0 aromatic heterocycles. The molecule has 2 amide bonds. The molecule has 0 radical (unpaired) electrons. The average molecular weight is 330 g/mol. The number of fused-ring (bicyclic) bond motifs is 2. The van der Waals surface area contributed by atoms with Crippen LogP contribution in [-0.4, -0.2) is 30.7 Å². The number of carbonyl (C=O) groups excluding carboxylic acids is 1. The first kappa shape index (κ1) is 17.3. The third-order valence-electron chi connectivity index (χ3n) is 5.65. The Bertz CT molecular complexity index is 552. The second-order valence-electron chi connectivity index (χ2n) is 7.79. The van der Waals surface area contributed by atoms with Gasteiger partial charge in [0.25, 0.3) is 0 Å². The maximum atomic E-state index is 12.4. The molecule has 1 aromatic rings. The fourth-order valence-electron chi connectivity index (χ4n) is 4.85. The summed E-state index contributed by atoms with van der Waals surface area (Å²) in [7, 11) is 0. The number of urea groups is 1. The number of piperidine rings is 2. The van der Waals surface area contributed by atoms with Gasteiger partial charge in [0.1, 0.15) is 0 Å². The van der Waals surface area contributed by atoms with Gasteiger partial charge in [-0.15, -0.1) is 0 Å².